The van der Waals surface area contributed by atoms with Crippen molar-refractivity contribution in [1.29, 1.82) is 0 Å². The summed E-state index contributed by atoms with van der Waals surface area (Å²) in [5, 5.41) is 3.00. The van der Waals surface area contributed by atoms with E-state index in [-0.39, 0.29) is 17.8 Å². The highest BCUT2D eigenvalue weighted by Crippen LogP contribution is 2.20. The lowest BCUT2D eigenvalue weighted by atomic mass is 10.0. The van der Waals surface area contributed by atoms with Gasteiger partial charge < -0.3 is 10.1 Å². The molecule has 0 aliphatic carbocycles. The van der Waals surface area contributed by atoms with E-state index in [1.165, 1.54) is 12.1 Å². The molecule has 110 valence electrons. The molecule has 20 heavy (non-hydrogen) atoms. The predicted octanol–water partition coefficient (Wildman–Crippen LogP) is 3.06. The number of hydrogen-bond donors (Lipinski definition) is 1. The van der Waals surface area contributed by atoms with E-state index in [2.05, 4.69) is 21.2 Å². The minimum Gasteiger partial charge on any atom is -0.381 e. The van der Waals surface area contributed by atoms with Crippen LogP contribution in [0, 0.1) is 11.7 Å². The first-order valence-corrected chi connectivity index (χ1v) is 7.66. The summed E-state index contributed by atoms with van der Waals surface area (Å²) in [5.41, 5.74) is 0.817. The summed E-state index contributed by atoms with van der Waals surface area (Å²) in [6.45, 7) is 3.51. The van der Waals surface area contributed by atoms with Gasteiger partial charge >= 0.3 is 0 Å². The van der Waals surface area contributed by atoms with Crippen LogP contribution in [0.3, 0.4) is 0 Å². The molecular weight excluding hydrogens is 325 g/mol. The third-order valence-corrected chi connectivity index (χ3v) is 4.46. The van der Waals surface area contributed by atoms with Gasteiger partial charge in [-0.1, -0.05) is 15.9 Å². The summed E-state index contributed by atoms with van der Waals surface area (Å²) in [7, 11) is 0. The number of hydrogen-bond acceptors (Lipinski definition) is 2. The standard InChI is InChI=1S/C15H19BrFNO2/c1-10(12-6-7-20-9-12)18-15(19)5-2-11-8-13(17)3-4-14(11)16/h3-4,8,10,12H,2,5-7,9H2,1H3,(H,18,19)/t10-,12+/m1/s1. The van der Waals surface area contributed by atoms with Crippen molar-refractivity contribution in [3.05, 3.63) is 34.1 Å². The molecule has 2 atom stereocenters. The van der Waals surface area contributed by atoms with Gasteiger partial charge in [0, 0.05) is 29.5 Å². The second-order valence-electron chi connectivity index (χ2n) is 5.22. The second-order valence-corrected chi connectivity index (χ2v) is 6.07. The summed E-state index contributed by atoms with van der Waals surface area (Å²) in [4.78, 5) is 11.9. The first-order chi connectivity index (χ1) is 9.56. The summed E-state index contributed by atoms with van der Waals surface area (Å²) in [6, 6.07) is 4.66. The van der Waals surface area contributed by atoms with Crippen LogP contribution in [0.4, 0.5) is 4.39 Å². The van der Waals surface area contributed by atoms with Crippen molar-refractivity contribution in [3.8, 4) is 0 Å². The van der Waals surface area contributed by atoms with Gasteiger partial charge in [-0.15, -0.1) is 0 Å². The molecule has 0 saturated carbocycles. The average Bonchev–Trinajstić information content (AvgIpc) is 2.94. The van der Waals surface area contributed by atoms with Gasteiger partial charge in [0.25, 0.3) is 0 Å². The van der Waals surface area contributed by atoms with E-state index in [9.17, 15) is 9.18 Å². The number of aryl methyl sites for hydroxylation is 1. The molecule has 0 spiro atoms. The Morgan fingerprint density at radius 2 is 2.40 bits per heavy atom. The lowest BCUT2D eigenvalue weighted by molar-refractivity contribution is -0.122. The van der Waals surface area contributed by atoms with E-state index < -0.39 is 0 Å². The van der Waals surface area contributed by atoms with Crippen LogP contribution >= 0.6 is 15.9 Å². The van der Waals surface area contributed by atoms with E-state index in [1.807, 2.05) is 6.92 Å². The molecule has 1 N–H and O–H groups in total. The summed E-state index contributed by atoms with van der Waals surface area (Å²) < 4.78 is 19.3. The Balaban J connectivity index is 1.81. The number of carbonyl (C=O) groups excluding carboxylic acids is 1. The van der Waals surface area contributed by atoms with Gasteiger partial charge in [0.05, 0.1) is 6.61 Å². The molecule has 0 radical (unpaired) electrons. The fourth-order valence-corrected chi connectivity index (χ4v) is 2.82. The van der Waals surface area contributed by atoms with E-state index in [0.29, 0.717) is 18.8 Å². The topological polar surface area (TPSA) is 38.3 Å². The molecule has 0 aromatic heterocycles. The zero-order valence-corrected chi connectivity index (χ0v) is 13.1. The number of ether oxygens (including phenoxy) is 1. The molecule has 5 heteroatoms. The highest BCUT2D eigenvalue weighted by atomic mass is 79.9. The highest BCUT2D eigenvalue weighted by Gasteiger charge is 2.23. The van der Waals surface area contributed by atoms with E-state index in [1.54, 1.807) is 6.07 Å². The van der Waals surface area contributed by atoms with Crippen LogP contribution in [0.5, 0.6) is 0 Å². The third-order valence-electron chi connectivity index (χ3n) is 3.69. The monoisotopic (exact) mass is 343 g/mol. The van der Waals surface area contributed by atoms with Gasteiger partial charge in [0.2, 0.25) is 5.91 Å². The Kier molecular flexibility index (Phi) is 5.54. The van der Waals surface area contributed by atoms with Gasteiger partial charge in [0.1, 0.15) is 5.82 Å². The molecule has 1 saturated heterocycles. The smallest absolute Gasteiger partial charge is 0.220 e. The number of benzene rings is 1. The highest BCUT2D eigenvalue weighted by molar-refractivity contribution is 9.10. The Morgan fingerprint density at radius 3 is 3.10 bits per heavy atom. The quantitative estimate of drug-likeness (QED) is 0.892. The third kappa shape index (κ3) is 4.28. The van der Waals surface area contributed by atoms with Crippen molar-refractivity contribution in [2.45, 2.75) is 32.2 Å². The number of nitrogens with one attached hydrogen (secondary N) is 1. The van der Waals surface area contributed by atoms with Crippen molar-refractivity contribution in [2.24, 2.45) is 5.92 Å². The largest absolute Gasteiger partial charge is 0.381 e. The van der Waals surface area contributed by atoms with Crippen LogP contribution in [-0.4, -0.2) is 25.2 Å². The maximum Gasteiger partial charge on any atom is 0.220 e. The van der Waals surface area contributed by atoms with Gasteiger partial charge in [-0.25, -0.2) is 4.39 Å². The normalized spacial score (nSPS) is 19.9. The molecule has 1 amide bonds. The predicted molar refractivity (Wildman–Crippen MR) is 79.0 cm³/mol. The minimum absolute atomic E-state index is 0.000520. The SMILES string of the molecule is C[C@@H](NC(=O)CCc1cc(F)ccc1Br)[C@H]1CCOC1. The van der Waals surface area contributed by atoms with Gasteiger partial charge in [0.15, 0.2) is 0 Å². The molecule has 1 heterocycles. The molecule has 1 fully saturated rings. The van der Waals surface area contributed by atoms with Gasteiger partial charge in [-0.2, -0.15) is 0 Å². The van der Waals surface area contributed by atoms with Crippen molar-refractivity contribution < 1.29 is 13.9 Å². The molecule has 2 rings (SSSR count). The van der Waals surface area contributed by atoms with Crippen LogP contribution in [-0.2, 0) is 16.0 Å². The van der Waals surface area contributed by atoms with Crippen LogP contribution < -0.4 is 5.32 Å². The number of amides is 1. The number of carbonyl (C=O) groups is 1. The summed E-state index contributed by atoms with van der Waals surface area (Å²) in [6.07, 6.45) is 1.88. The van der Waals surface area contributed by atoms with E-state index in [0.717, 1.165) is 29.7 Å². The fraction of sp³-hybridized carbons (Fsp3) is 0.533. The van der Waals surface area contributed by atoms with Crippen LogP contribution in [0.15, 0.2) is 22.7 Å². The Morgan fingerprint density at radius 1 is 1.60 bits per heavy atom. The number of rotatable bonds is 5. The summed E-state index contributed by atoms with van der Waals surface area (Å²) >= 11 is 3.37. The average molecular weight is 344 g/mol. The maximum atomic E-state index is 13.2. The van der Waals surface area contributed by atoms with Crippen molar-refractivity contribution in [2.75, 3.05) is 13.2 Å². The first-order valence-electron chi connectivity index (χ1n) is 6.87. The number of halogens is 2. The van der Waals surface area contributed by atoms with Crippen LogP contribution in [0.2, 0.25) is 0 Å². The molecule has 1 aliphatic heterocycles. The molecule has 0 unspecified atom stereocenters. The molecule has 3 nitrogen and oxygen atoms in total. The zero-order valence-electron chi connectivity index (χ0n) is 11.5. The fourth-order valence-electron chi connectivity index (χ4n) is 2.37. The zero-order chi connectivity index (χ0) is 14.5. The lowest BCUT2D eigenvalue weighted by Gasteiger charge is -2.19. The van der Waals surface area contributed by atoms with Crippen LogP contribution in [0.1, 0.15) is 25.3 Å². The van der Waals surface area contributed by atoms with Crippen molar-refractivity contribution in [1.82, 2.24) is 5.32 Å². The molecule has 1 aliphatic rings. The van der Waals surface area contributed by atoms with Crippen molar-refractivity contribution >= 4 is 21.8 Å². The lowest BCUT2D eigenvalue weighted by Crippen LogP contribution is -2.38. The summed E-state index contributed by atoms with van der Waals surface area (Å²) in [5.74, 6) is 0.125. The minimum atomic E-state index is -0.278. The Hall–Kier alpha value is -0.940. The second kappa shape index (κ2) is 7.18. The van der Waals surface area contributed by atoms with E-state index in [4.69, 9.17) is 4.74 Å². The maximum absolute atomic E-state index is 13.2. The van der Waals surface area contributed by atoms with Gasteiger partial charge in [-0.3, -0.25) is 4.79 Å². The van der Waals surface area contributed by atoms with E-state index >= 15 is 0 Å². The first kappa shape index (κ1) is 15.4. The molecule has 1 aromatic carbocycles. The van der Waals surface area contributed by atoms with Crippen molar-refractivity contribution in [3.63, 3.8) is 0 Å². The van der Waals surface area contributed by atoms with Crippen LogP contribution in [0.25, 0.3) is 0 Å². The van der Waals surface area contributed by atoms with Gasteiger partial charge in [-0.05, 0) is 43.5 Å². The molecule has 1 aromatic rings. The Labute approximate surface area is 127 Å². The Bertz CT molecular complexity index is 475. The molecule has 0 bridgehead atoms. The molecular formula is C15H19BrFNO2.